The summed E-state index contributed by atoms with van der Waals surface area (Å²) < 4.78 is 10.6. The van der Waals surface area contributed by atoms with E-state index < -0.39 is 245 Å². The summed E-state index contributed by atoms with van der Waals surface area (Å²) in [4.78, 5) is 235. The van der Waals surface area contributed by atoms with Crippen LogP contribution in [0.25, 0.3) is 11.0 Å². The first-order chi connectivity index (χ1) is 54.6. The molecule has 0 radical (unpaired) electrons. The van der Waals surface area contributed by atoms with E-state index in [0.29, 0.717) is 29.2 Å². The maximum absolute atomic E-state index is 14.7. The van der Waals surface area contributed by atoms with E-state index in [2.05, 4.69) is 73.8 Å². The molecule has 0 saturated carbocycles. The Kier molecular flexibility index (Phi) is 38.1. The van der Waals surface area contributed by atoms with Crippen LogP contribution in [0.3, 0.4) is 0 Å². The highest BCUT2D eigenvalue weighted by Crippen LogP contribution is 2.30. The third-order valence-corrected chi connectivity index (χ3v) is 17.8. The lowest BCUT2D eigenvalue weighted by Gasteiger charge is -2.29. The van der Waals surface area contributed by atoms with Crippen LogP contribution in [0, 0.1) is 32.1 Å². The standard InChI is InChI=1S/C69H103N23O24/c1-32(2)23-44(84-66(109)49-13-10-22-90(49)53(97)24-36-25-54(98)116-51-27-38(115-7)15-16-39(36)51)61(104)80-34(5)57(100)82-43(18-19-52(70)96)59(102)79-35(6)58(101)89-55(33(3)4)67(110)85-45(28-78-40-17-14-37(91(111)112)26-50(40)92(113)114)62(105)83-42(12-9-21-77-69(74)75)60(103)86-47(30-94)64(107)88-48(31-95)65(108)87-46(29-93)63(106)81-41(56(71)99)11-8-20-76-68(72)73/h14-17,25-27,32-35,41-49,55,78,93-95H,8-13,18-24,28-31H2,1-7H3,(H2,70,96)(H2,71,99)(H,79,102)(H,80,104)(H,81,106)(H,82,100)(H,83,105)(H,84,109)(H,85,110)(H,86,103)(H,87,108)(H,88,107)(H,89,101)(H4,72,73,76)(H4,74,75,77). The van der Waals surface area contributed by atoms with Crippen LogP contribution in [0.2, 0.25) is 0 Å². The molecule has 0 spiro atoms. The Labute approximate surface area is 662 Å². The number of non-ortho nitro benzene ring substituents is 1. The highest BCUT2D eigenvalue weighted by Gasteiger charge is 2.40. The normalized spacial score (nSPS) is 15.2. The molecule has 2 aromatic carbocycles. The van der Waals surface area contributed by atoms with Crippen molar-refractivity contribution in [1.29, 1.82) is 0 Å². The summed E-state index contributed by atoms with van der Waals surface area (Å²) in [5.74, 6) is -16.2. The summed E-state index contributed by atoms with van der Waals surface area (Å²) >= 11 is 0. The zero-order chi connectivity index (χ0) is 87.0. The Bertz CT molecular complexity index is 4190. The van der Waals surface area contributed by atoms with Gasteiger partial charge < -0.3 is 128 Å². The van der Waals surface area contributed by atoms with Gasteiger partial charge in [-0.05, 0) is 101 Å². The second kappa shape index (κ2) is 46.3. The number of fused-ring (bicyclic) bond motifs is 1. The molecule has 1 aliphatic heterocycles. The molecule has 0 bridgehead atoms. The predicted octanol–water partition coefficient (Wildman–Crippen LogP) is -7.83. The van der Waals surface area contributed by atoms with E-state index in [1.165, 1.54) is 44.9 Å². The van der Waals surface area contributed by atoms with Crippen LogP contribution in [-0.4, -0.2) is 250 Å². The number of aliphatic imine (C=N–C) groups is 2. The summed E-state index contributed by atoms with van der Waals surface area (Å²) in [5.41, 5.74) is 30.1. The van der Waals surface area contributed by atoms with Gasteiger partial charge in [-0.2, -0.15) is 0 Å². The van der Waals surface area contributed by atoms with E-state index in [-0.39, 0.29) is 75.6 Å². The summed E-state index contributed by atoms with van der Waals surface area (Å²) in [6, 6.07) is -11.4. The number of ether oxygens (including phenoxy) is 1. The molecule has 638 valence electrons. The fourth-order valence-corrected chi connectivity index (χ4v) is 11.6. The number of rotatable bonds is 48. The van der Waals surface area contributed by atoms with Crippen molar-refractivity contribution in [3.8, 4) is 5.75 Å². The van der Waals surface area contributed by atoms with Gasteiger partial charge in [0.15, 0.2) is 11.9 Å². The number of nitro benzene ring substituents is 2. The van der Waals surface area contributed by atoms with Gasteiger partial charge in [-0.15, -0.1) is 0 Å². The van der Waals surface area contributed by atoms with Crippen molar-refractivity contribution in [2.24, 2.45) is 56.2 Å². The summed E-state index contributed by atoms with van der Waals surface area (Å²) in [7, 11) is 1.43. The number of benzene rings is 2. The number of guanidine groups is 2. The summed E-state index contributed by atoms with van der Waals surface area (Å²) in [6.07, 6.45) is -1.12. The van der Waals surface area contributed by atoms with Crippen LogP contribution in [0.1, 0.15) is 105 Å². The first-order valence-electron chi connectivity index (χ1n) is 36.6. The molecule has 3 aromatic rings. The largest absolute Gasteiger partial charge is 0.497 e. The number of primary amides is 2. The van der Waals surface area contributed by atoms with E-state index >= 15 is 0 Å². The Morgan fingerprint density at radius 1 is 0.569 bits per heavy atom. The number of anilines is 1. The number of nitrogens with zero attached hydrogens (tertiary/aromatic N) is 5. The number of amides is 14. The maximum Gasteiger partial charge on any atom is 0.336 e. The third kappa shape index (κ3) is 30.2. The lowest BCUT2D eigenvalue weighted by atomic mass is 10.0. The fraction of sp³-hybridized carbons (Fsp3) is 0.551. The molecular weight excluding hydrogens is 1530 g/mol. The van der Waals surface area contributed by atoms with E-state index in [9.17, 15) is 107 Å². The molecular formula is C69H103N23O24. The molecule has 2 heterocycles. The van der Waals surface area contributed by atoms with Gasteiger partial charge in [0, 0.05) is 56.2 Å². The van der Waals surface area contributed by atoms with Gasteiger partial charge in [0.05, 0.1) is 49.3 Å². The number of aliphatic hydroxyl groups is 3. The highest BCUT2D eigenvalue weighted by molar-refractivity contribution is 6.00. The van der Waals surface area contributed by atoms with Crippen LogP contribution in [-0.2, 0) is 73.5 Å². The zero-order valence-corrected chi connectivity index (χ0v) is 64.8. The Balaban J connectivity index is 1.54. The van der Waals surface area contributed by atoms with Crippen LogP contribution in [0.15, 0.2) is 61.7 Å². The Hall–Kier alpha value is -12.9. The van der Waals surface area contributed by atoms with Crippen molar-refractivity contribution in [2.45, 2.75) is 178 Å². The van der Waals surface area contributed by atoms with Crippen molar-refractivity contribution in [1.82, 2.24) is 63.4 Å². The third-order valence-electron chi connectivity index (χ3n) is 17.8. The fourth-order valence-electron chi connectivity index (χ4n) is 11.6. The molecule has 4 rings (SSSR count). The van der Waals surface area contributed by atoms with E-state index in [0.717, 1.165) is 19.1 Å². The molecule has 1 saturated heterocycles. The zero-order valence-electron chi connectivity index (χ0n) is 64.8. The molecule has 12 atom stereocenters. The van der Waals surface area contributed by atoms with Crippen LogP contribution < -0.4 is 109 Å². The number of carbonyl (C=O) groups is 14. The van der Waals surface area contributed by atoms with Gasteiger partial charge in [-0.1, -0.05) is 27.7 Å². The molecule has 47 nitrogen and oxygen atoms in total. The number of nitrogens with one attached hydrogen (secondary N) is 12. The van der Waals surface area contributed by atoms with E-state index in [1.54, 1.807) is 26.0 Å². The molecule has 1 fully saturated rings. The Morgan fingerprint density at radius 2 is 1.05 bits per heavy atom. The van der Waals surface area contributed by atoms with Crippen molar-refractivity contribution >= 4 is 123 Å². The number of nitrogens with two attached hydrogens (primary N) is 6. The van der Waals surface area contributed by atoms with Gasteiger partial charge >= 0.3 is 5.63 Å². The van der Waals surface area contributed by atoms with Crippen LogP contribution >= 0.6 is 0 Å². The number of nitro groups is 2. The highest BCUT2D eigenvalue weighted by atomic mass is 16.6. The number of likely N-dealkylation sites (tertiary alicyclic amines) is 1. The van der Waals surface area contributed by atoms with Crippen molar-refractivity contribution < 1.29 is 101 Å². The minimum Gasteiger partial charge on any atom is -0.497 e. The van der Waals surface area contributed by atoms with Crippen LogP contribution in [0.4, 0.5) is 17.1 Å². The summed E-state index contributed by atoms with van der Waals surface area (Å²) in [5, 5.41) is 83.2. The first kappa shape index (κ1) is 95.4. The smallest absolute Gasteiger partial charge is 0.336 e. The molecule has 27 N–H and O–H groups in total. The van der Waals surface area contributed by atoms with Crippen molar-refractivity contribution in [3.63, 3.8) is 0 Å². The maximum atomic E-state index is 14.7. The van der Waals surface area contributed by atoms with E-state index in [4.69, 9.17) is 43.6 Å². The second-order valence-electron chi connectivity index (χ2n) is 27.6. The SMILES string of the molecule is COc1ccc2c(CC(=O)N3CCCC3C(=O)NC(CC(C)C)C(=O)NC(C)C(=O)NC(CCC(N)=O)C(=O)NC(C)C(=O)NC(C(=O)NC(CNc3ccc([N+](=O)[O-])cc3[N+](=O)[O-])C(=O)NC(CCCN=C(N)N)C(=O)NC(CO)C(=O)NC(CO)C(=O)NC(CO)C(=O)NC(CCCN=C(N)N)C(N)=O)C(C)C)cc(=O)oc2c1. The van der Waals surface area contributed by atoms with Gasteiger partial charge in [0.2, 0.25) is 82.7 Å². The number of hydrogen-bond acceptors (Lipinski definition) is 27. The average Bonchev–Trinajstić information content (AvgIpc) is 1.28. The monoisotopic (exact) mass is 1640 g/mol. The minimum atomic E-state index is -2.04. The molecule has 47 heteroatoms. The molecule has 116 heavy (non-hydrogen) atoms. The first-order valence-corrected chi connectivity index (χ1v) is 36.6. The molecule has 1 aliphatic rings. The number of methoxy groups -OCH3 is 1. The predicted molar refractivity (Wildman–Crippen MR) is 411 cm³/mol. The topological polar surface area (TPSA) is 754 Å². The van der Waals surface area contributed by atoms with Gasteiger partial charge in [0.25, 0.3) is 11.4 Å². The lowest BCUT2D eigenvalue weighted by molar-refractivity contribution is -0.393. The number of carbonyl (C=O) groups excluding carboxylic acids is 14. The summed E-state index contributed by atoms with van der Waals surface area (Å²) in [6.45, 7) is 4.32. The van der Waals surface area contributed by atoms with Gasteiger partial charge in [0.1, 0.15) is 89.5 Å². The average molecular weight is 1640 g/mol. The van der Waals surface area contributed by atoms with Crippen molar-refractivity contribution in [2.75, 3.05) is 58.4 Å². The molecule has 12 unspecified atom stereocenters. The minimum absolute atomic E-state index is 0.0308. The van der Waals surface area contributed by atoms with Gasteiger partial charge in [-0.3, -0.25) is 97.3 Å². The molecule has 0 aliphatic carbocycles. The number of aliphatic hydroxyl groups excluding tert-OH is 3. The van der Waals surface area contributed by atoms with Gasteiger partial charge in [-0.25, -0.2) is 4.79 Å². The van der Waals surface area contributed by atoms with E-state index in [1.807, 2.05) is 0 Å². The quantitative estimate of drug-likeness (QED) is 0.00623. The molecule has 14 amide bonds. The lowest BCUT2D eigenvalue weighted by Crippen LogP contribution is -2.62. The molecule has 1 aromatic heterocycles. The Morgan fingerprint density at radius 3 is 1.55 bits per heavy atom. The van der Waals surface area contributed by atoms with Crippen molar-refractivity contribution in [3.05, 3.63) is 78.7 Å². The van der Waals surface area contributed by atoms with Crippen LogP contribution in [0.5, 0.6) is 5.75 Å². The second-order valence-corrected chi connectivity index (χ2v) is 27.6. The number of hydrogen-bond donors (Lipinski definition) is 21.